The second-order valence-corrected chi connectivity index (χ2v) is 27.2. The summed E-state index contributed by atoms with van der Waals surface area (Å²) in [6, 6.07) is 46.0. The number of anilines is 1. The summed E-state index contributed by atoms with van der Waals surface area (Å²) in [5.74, 6) is 2.33. The lowest BCUT2D eigenvalue weighted by atomic mass is 9.97. The van der Waals surface area contributed by atoms with E-state index in [1.54, 1.807) is 37.4 Å². The molecule has 7 aromatic carbocycles. The number of β-amino-alcohol motifs (C(OH)–C–C–N with tert-alkyl or cyclic N) is 2. The first-order valence-electron chi connectivity index (χ1n) is 30.9. The average molecular weight is 1300 g/mol. The smallest absolute Gasteiger partial charge is 0.305 e. The number of aliphatic hydroxyl groups is 2. The van der Waals surface area contributed by atoms with Crippen LogP contribution in [0.15, 0.2) is 156 Å². The third-order valence-corrected chi connectivity index (χ3v) is 18.4. The van der Waals surface area contributed by atoms with Crippen molar-refractivity contribution in [2.24, 2.45) is 0 Å². The van der Waals surface area contributed by atoms with Gasteiger partial charge in [-0.2, -0.15) is 0 Å². The van der Waals surface area contributed by atoms with Crippen molar-refractivity contribution in [2.45, 2.75) is 102 Å². The zero-order chi connectivity index (χ0) is 65.7. The average Bonchev–Trinajstić information content (AvgIpc) is 1.74. The van der Waals surface area contributed by atoms with Crippen LogP contribution in [0.1, 0.15) is 98.6 Å². The van der Waals surface area contributed by atoms with E-state index in [9.17, 15) is 43.1 Å². The van der Waals surface area contributed by atoms with Crippen LogP contribution in [0, 0.1) is 5.82 Å². The van der Waals surface area contributed by atoms with Crippen molar-refractivity contribution in [3.63, 3.8) is 0 Å². The summed E-state index contributed by atoms with van der Waals surface area (Å²) in [6.45, 7) is 11.5. The van der Waals surface area contributed by atoms with Crippen LogP contribution >= 0.6 is 11.3 Å². The Hall–Kier alpha value is -8.19. The van der Waals surface area contributed by atoms with E-state index in [1.807, 2.05) is 117 Å². The molecule has 19 nitrogen and oxygen atoms in total. The molecule has 0 radical (unpaired) electrons. The molecule has 10 aromatic rings. The van der Waals surface area contributed by atoms with Gasteiger partial charge in [0.1, 0.15) is 46.0 Å². The number of hydrogen-bond donors (Lipinski definition) is 12. The van der Waals surface area contributed by atoms with Crippen molar-refractivity contribution in [3.05, 3.63) is 207 Å². The number of phenolic OH excluding ortho intramolecular Hbond substituents is 3. The van der Waals surface area contributed by atoms with Gasteiger partial charge in [-0.25, -0.2) is 22.8 Å². The summed E-state index contributed by atoms with van der Waals surface area (Å²) in [6.07, 6.45) is 3.51. The van der Waals surface area contributed by atoms with Crippen molar-refractivity contribution in [1.29, 1.82) is 0 Å². The second-order valence-electron chi connectivity index (χ2n) is 24.0. The van der Waals surface area contributed by atoms with Crippen LogP contribution in [0.3, 0.4) is 0 Å². The fraction of sp³-hybridized carbons (Fsp3) is 0.357. The molecule has 0 fully saturated rings. The number of nitrogens with one attached hydrogen (secondary N) is 7. The number of imidazole rings is 2. The van der Waals surface area contributed by atoms with E-state index >= 15 is 0 Å². The highest BCUT2D eigenvalue weighted by molar-refractivity contribution is 7.91. The number of H-pyrrole nitrogens is 3. The molecule has 0 saturated heterocycles. The van der Waals surface area contributed by atoms with Gasteiger partial charge in [0.15, 0.2) is 9.84 Å². The number of para-hydroxylation sites is 4. The van der Waals surface area contributed by atoms with Crippen molar-refractivity contribution in [2.75, 3.05) is 63.3 Å². The molecule has 2 atom stereocenters. The van der Waals surface area contributed by atoms with Crippen LogP contribution in [0.25, 0.3) is 32.3 Å². The minimum atomic E-state index is -3.12. The number of rotatable bonds is 31. The van der Waals surface area contributed by atoms with Crippen LogP contribution in [-0.4, -0.2) is 128 Å². The van der Waals surface area contributed by atoms with Gasteiger partial charge >= 0.3 is 4.87 Å². The van der Waals surface area contributed by atoms with Crippen LogP contribution in [0.5, 0.6) is 23.0 Å². The quantitative estimate of drug-likeness (QED) is 0.0142. The maximum absolute atomic E-state index is 13.8. The minimum absolute atomic E-state index is 0.0557. The molecule has 3 heterocycles. The maximum Gasteiger partial charge on any atom is 0.305 e. The van der Waals surface area contributed by atoms with Gasteiger partial charge < -0.3 is 71.2 Å². The number of benzene rings is 7. The number of aromatic nitrogens is 5. The summed E-state index contributed by atoms with van der Waals surface area (Å²) in [5, 5.41) is 63.6. The number of nitrogens with zero attached hydrogens (tertiary/aromatic N) is 2. The molecule has 0 amide bonds. The number of sulfone groups is 1. The molecule has 3 aromatic heterocycles. The van der Waals surface area contributed by atoms with Gasteiger partial charge in [-0.05, 0) is 155 Å². The fourth-order valence-electron chi connectivity index (χ4n) is 10.2. The molecule has 0 spiro atoms. The third-order valence-electron chi connectivity index (χ3n) is 15.7. The van der Waals surface area contributed by atoms with Crippen molar-refractivity contribution < 1.29 is 47.8 Å². The number of methoxy groups -OCH3 is 1. The maximum atomic E-state index is 13.8. The zero-order valence-corrected chi connectivity index (χ0v) is 54.4. The highest BCUT2D eigenvalue weighted by Crippen LogP contribution is 2.30. The first kappa shape index (κ1) is 69.7. The van der Waals surface area contributed by atoms with Crippen LogP contribution in [0.4, 0.5) is 10.1 Å². The second kappa shape index (κ2) is 33.4. The van der Waals surface area contributed by atoms with Crippen LogP contribution in [0.2, 0.25) is 0 Å². The molecule has 0 bridgehead atoms. The van der Waals surface area contributed by atoms with Gasteiger partial charge in [-0.3, -0.25) is 4.79 Å². The predicted octanol–water partition coefficient (Wildman–Crippen LogP) is 10.9. The molecule has 12 N–H and O–H groups in total. The van der Waals surface area contributed by atoms with Gasteiger partial charge in [0.05, 0.1) is 69.9 Å². The van der Waals surface area contributed by atoms with Crippen LogP contribution < -0.4 is 30.9 Å². The largest absolute Gasteiger partial charge is 0.508 e. The van der Waals surface area contributed by atoms with E-state index in [2.05, 4.69) is 60.0 Å². The van der Waals surface area contributed by atoms with Gasteiger partial charge in [0.2, 0.25) is 0 Å². The molecular weight excluding hydrogens is 1210 g/mol. The molecule has 22 heteroatoms. The summed E-state index contributed by atoms with van der Waals surface area (Å²) in [5.41, 5.74) is 8.71. The molecule has 490 valence electrons. The lowest BCUT2D eigenvalue weighted by Gasteiger charge is -2.28. The number of aliphatic hydroxyl groups excluding tert-OH is 2. The summed E-state index contributed by atoms with van der Waals surface area (Å²) < 4.78 is 49.7. The van der Waals surface area contributed by atoms with E-state index < -0.39 is 27.9 Å². The van der Waals surface area contributed by atoms with Gasteiger partial charge in [0, 0.05) is 68.3 Å². The molecule has 0 saturated carbocycles. The first-order valence-corrected chi connectivity index (χ1v) is 33.5. The number of halogens is 1. The Balaban J connectivity index is 0.000000180. The fourth-order valence-corrected chi connectivity index (χ4v) is 12.3. The number of fused-ring (bicyclic) bond motifs is 3. The molecule has 0 aliphatic rings. The molecule has 0 aliphatic heterocycles. The Labute approximate surface area is 540 Å². The van der Waals surface area contributed by atoms with Gasteiger partial charge in [-0.1, -0.05) is 90.2 Å². The Morgan fingerprint density at radius 1 is 0.641 bits per heavy atom. The van der Waals surface area contributed by atoms with Crippen molar-refractivity contribution >= 4 is 59.1 Å². The van der Waals surface area contributed by atoms with E-state index in [-0.39, 0.29) is 56.8 Å². The molecule has 10 rings (SSSR count). The number of aromatic hydroxyl groups is 3. The zero-order valence-electron chi connectivity index (χ0n) is 52.8. The molecular formula is C70H86FN9O10S2. The van der Waals surface area contributed by atoms with Gasteiger partial charge in [-0.15, -0.1) is 0 Å². The number of phenols is 3. The number of aromatic amines is 3. The summed E-state index contributed by atoms with van der Waals surface area (Å²) in [4.78, 5) is 29.9. The number of ether oxygens (including phenoxy) is 2. The lowest BCUT2D eigenvalue weighted by molar-refractivity contribution is 0.138. The minimum Gasteiger partial charge on any atom is -0.508 e. The Kier molecular flexibility index (Phi) is 25.3. The van der Waals surface area contributed by atoms with E-state index in [0.29, 0.717) is 63.4 Å². The monoisotopic (exact) mass is 1300 g/mol. The van der Waals surface area contributed by atoms with E-state index in [4.69, 9.17) is 9.47 Å². The van der Waals surface area contributed by atoms with E-state index in [0.717, 1.165) is 110 Å². The summed E-state index contributed by atoms with van der Waals surface area (Å²) in [7, 11) is -1.49. The predicted molar refractivity (Wildman–Crippen MR) is 364 cm³/mol. The highest BCUT2D eigenvalue weighted by Gasteiger charge is 2.23. The lowest BCUT2D eigenvalue weighted by Crippen LogP contribution is -2.42. The summed E-state index contributed by atoms with van der Waals surface area (Å²) >= 11 is 1.07. The molecule has 2 unspecified atom stereocenters. The number of hydrogen-bond acceptors (Lipinski definition) is 17. The number of aryl methyl sites for hydroxylation is 2. The SMILES string of the molecule is CC(C)(CCc1nc2ccccc2[nH]1)NCC(O)c1ccc(O)cc1F.COc1ccc(CNc2cc(C(O)CNC(C)(C)CCc3nc4ccccc4[nH]3)ccc2O)cc1.O=c1[nH]c2c(O)ccc(CCNCCS(=O)(=O)CCCOCCc3ccccc3)c2s1. The Bertz CT molecular complexity index is 4030. The topological polar surface area (TPSA) is 292 Å². The highest BCUT2D eigenvalue weighted by atomic mass is 32.2. The number of thiazole rings is 1. The molecule has 0 aliphatic carbocycles. The normalized spacial score (nSPS) is 12.5. The third kappa shape index (κ3) is 21.7. The Morgan fingerprint density at radius 3 is 1.89 bits per heavy atom. The standard InChI is InChI=1S/C28H34N4O3.C22H28N2O5S2.C20H24FN3O2/c1-28(2,15-14-27-31-22-6-4-5-7-23(22)32-27)30-18-26(34)20-10-13-25(33)24(16-20)29-17-19-8-11-21(35-3)12-9-19;25-19-8-7-18(21-20(19)24-22(26)30-21)9-11-23-12-16-31(27,28)15-4-13-29-14-10-17-5-2-1-3-6-17;1-20(2,10-9-19-23-16-5-3-4-6-17(16)24-19)22-12-18(26)14-8-7-13(25)11-15(14)21/h4-13,16,26,29-30,33-34H,14-15,17-18H2,1-3H3,(H,31,32);1-3,5-8,23,25H,4,9-16H2,(H,24,26);3-8,11,18,22,25-26H,9-10,12H2,1-2H3,(H,23,24). The molecule has 92 heavy (non-hydrogen) atoms. The van der Waals surface area contributed by atoms with E-state index in [1.165, 1.54) is 17.7 Å². The van der Waals surface area contributed by atoms with Crippen LogP contribution in [-0.2, 0) is 46.8 Å². The van der Waals surface area contributed by atoms with Crippen molar-refractivity contribution in [1.82, 2.24) is 40.9 Å². The van der Waals surface area contributed by atoms with Gasteiger partial charge in [0.25, 0.3) is 0 Å². The Morgan fingerprint density at radius 2 is 1.26 bits per heavy atom. The first-order chi connectivity index (χ1) is 44.1. The van der Waals surface area contributed by atoms with Crippen molar-refractivity contribution in [3.8, 4) is 23.0 Å².